The number of rotatable bonds is 1. The topological polar surface area (TPSA) is 87.7 Å². The van der Waals surface area contributed by atoms with Crippen molar-refractivity contribution < 1.29 is 4.74 Å². The second-order valence-corrected chi connectivity index (χ2v) is 8.63. The number of nitrogens with one attached hydrogen (secondary N) is 1. The highest BCUT2D eigenvalue weighted by Crippen LogP contribution is 2.47. The van der Waals surface area contributed by atoms with E-state index < -0.39 is 0 Å². The predicted molar refractivity (Wildman–Crippen MR) is 88.6 cm³/mol. The first-order valence-corrected chi connectivity index (χ1v) is 8.35. The minimum atomic E-state index is -0.252. The molecule has 114 valence electrons. The molecule has 1 atom stereocenters. The highest BCUT2D eigenvalue weighted by Gasteiger charge is 2.38. The van der Waals surface area contributed by atoms with Gasteiger partial charge in [-0.25, -0.2) is 0 Å². The van der Waals surface area contributed by atoms with Crippen LogP contribution in [0.1, 0.15) is 42.8 Å². The molecule has 7 heteroatoms. The molecule has 2 aromatic heterocycles. The lowest BCUT2D eigenvalue weighted by atomic mass is 9.81. The number of H-pyrrole nitrogens is 1. The third kappa shape index (κ3) is 2.32. The van der Waals surface area contributed by atoms with Crippen molar-refractivity contribution in [3.05, 3.63) is 43.5 Å². The predicted octanol–water partition coefficient (Wildman–Crippen LogP) is 3.75. The monoisotopic (exact) mass is 378 g/mol. The summed E-state index contributed by atoms with van der Waals surface area (Å²) < 4.78 is 6.56. The fourth-order valence-corrected chi connectivity index (χ4v) is 4.13. The van der Waals surface area contributed by atoms with Crippen LogP contribution in [-0.2, 0) is 5.41 Å². The van der Waals surface area contributed by atoms with E-state index in [0.29, 0.717) is 11.5 Å². The van der Waals surface area contributed by atoms with E-state index in [1.165, 1.54) is 0 Å². The zero-order valence-electron chi connectivity index (χ0n) is 12.4. The summed E-state index contributed by atoms with van der Waals surface area (Å²) in [4.78, 5) is 1.03. The molecule has 0 radical (unpaired) electrons. The van der Waals surface area contributed by atoms with Gasteiger partial charge in [-0.05, 0) is 28.1 Å². The van der Waals surface area contributed by atoms with E-state index in [0.717, 1.165) is 19.9 Å². The highest BCUT2D eigenvalue weighted by molar-refractivity contribution is 9.11. The molecular formula is C15H15BrN4OS. The van der Waals surface area contributed by atoms with Crippen LogP contribution in [0.5, 0.6) is 5.88 Å². The number of aromatic nitrogens is 2. The van der Waals surface area contributed by atoms with Crippen LogP contribution in [0.4, 0.5) is 0 Å². The zero-order valence-corrected chi connectivity index (χ0v) is 14.8. The molecular weight excluding hydrogens is 364 g/mol. The van der Waals surface area contributed by atoms with Gasteiger partial charge in [0.15, 0.2) is 0 Å². The third-order valence-corrected chi connectivity index (χ3v) is 5.26. The van der Waals surface area contributed by atoms with Crippen LogP contribution < -0.4 is 10.5 Å². The van der Waals surface area contributed by atoms with Gasteiger partial charge in [-0.15, -0.1) is 16.4 Å². The van der Waals surface area contributed by atoms with E-state index in [2.05, 4.69) is 53.0 Å². The summed E-state index contributed by atoms with van der Waals surface area (Å²) in [6.07, 6.45) is 0. The van der Waals surface area contributed by atoms with Crippen LogP contribution in [-0.4, -0.2) is 10.2 Å². The lowest BCUT2D eigenvalue weighted by molar-refractivity contribution is 0.378. The Labute approximate surface area is 140 Å². The maximum absolute atomic E-state index is 9.55. The first-order chi connectivity index (χ1) is 10.3. The van der Waals surface area contributed by atoms with Crippen LogP contribution in [0.3, 0.4) is 0 Å². The number of nitriles is 1. The van der Waals surface area contributed by atoms with Crippen LogP contribution in [0.15, 0.2) is 27.4 Å². The average Bonchev–Trinajstić information content (AvgIpc) is 3.02. The molecule has 0 saturated carbocycles. The van der Waals surface area contributed by atoms with Gasteiger partial charge in [-0.3, -0.25) is 5.10 Å². The number of fused-ring (bicyclic) bond motifs is 1. The summed E-state index contributed by atoms with van der Waals surface area (Å²) in [6.45, 7) is 6.28. The Morgan fingerprint density at radius 2 is 2.18 bits per heavy atom. The van der Waals surface area contributed by atoms with Gasteiger partial charge in [-0.1, -0.05) is 20.8 Å². The number of nitrogens with zero attached hydrogens (tertiary/aromatic N) is 2. The Bertz CT molecular complexity index is 806. The Balaban J connectivity index is 2.27. The first-order valence-electron chi connectivity index (χ1n) is 6.74. The molecule has 5 nitrogen and oxygen atoms in total. The number of nitrogens with two attached hydrogens (primary N) is 1. The molecule has 0 fully saturated rings. The first kappa shape index (κ1) is 15.1. The van der Waals surface area contributed by atoms with E-state index in [4.69, 9.17) is 10.5 Å². The molecule has 0 bridgehead atoms. The van der Waals surface area contributed by atoms with Crippen LogP contribution in [0.25, 0.3) is 0 Å². The van der Waals surface area contributed by atoms with Gasteiger partial charge in [0.1, 0.15) is 11.6 Å². The second-order valence-electron chi connectivity index (χ2n) is 6.13. The minimum absolute atomic E-state index is 0.122. The molecule has 1 aliphatic rings. The minimum Gasteiger partial charge on any atom is -0.420 e. The van der Waals surface area contributed by atoms with Crippen LogP contribution in [0, 0.1) is 11.3 Å². The number of ether oxygens (including phenoxy) is 1. The smallest absolute Gasteiger partial charge is 0.244 e. The molecule has 0 spiro atoms. The molecule has 3 heterocycles. The number of allylic oxidation sites excluding steroid dienone is 1. The molecule has 3 rings (SSSR count). The lowest BCUT2D eigenvalue weighted by Crippen LogP contribution is -2.23. The van der Waals surface area contributed by atoms with E-state index in [9.17, 15) is 5.26 Å². The number of hydrogen-bond acceptors (Lipinski definition) is 5. The van der Waals surface area contributed by atoms with Gasteiger partial charge in [0, 0.05) is 16.0 Å². The van der Waals surface area contributed by atoms with Crippen molar-refractivity contribution in [1.82, 2.24) is 10.2 Å². The van der Waals surface area contributed by atoms with E-state index in [1.807, 2.05) is 12.1 Å². The van der Waals surface area contributed by atoms with Gasteiger partial charge in [0.25, 0.3) is 0 Å². The number of hydrogen-bond donors (Lipinski definition) is 2. The quantitative estimate of drug-likeness (QED) is 0.790. The van der Waals surface area contributed by atoms with Crippen molar-refractivity contribution in [3.8, 4) is 11.9 Å². The molecule has 0 amide bonds. The summed E-state index contributed by atoms with van der Waals surface area (Å²) in [6, 6.07) is 6.17. The van der Waals surface area contributed by atoms with Crippen molar-refractivity contribution in [3.63, 3.8) is 0 Å². The molecule has 0 aliphatic carbocycles. The van der Waals surface area contributed by atoms with Gasteiger partial charge in [0.2, 0.25) is 11.8 Å². The van der Waals surface area contributed by atoms with Crippen molar-refractivity contribution in [1.29, 1.82) is 5.26 Å². The molecule has 22 heavy (non-hydrogen) atoms. The van der Waals surface area contributed by atoms with Crippen molar-refractivity contribution >= 4 is 27.3 Å². The Morgan fingerprint density at radius 3 is 2.73 bits per heavy atom. The summed E-state index contributed by atoms with van der Waals surface area (Å²) in [5.74, 6) is 0.324. The average molecular weight is 379 g/mol. The third-order valence-electron chi connectivity index (χ3n) is 3.57. The standard InChI is InChI=1S/C15H15BrN4OS/c1-15(2,3)12-11-10(8-4-5-9(16)22-8)7(6-17)13(18)21-14(11)20-19-12/h4-5,10H,18H2,1-3H3,(H,19,20)/t10-/m1/s1. The van der Waals surface area contributed by atoms with E-state index >= 15 is 0 Å². The number of thiophene rings is 1. The Morgan fingerprint density at radius 1 is 1.45 bits per heavy atom. The Kier molecular flexibility index (Phi) is 3.54. The fraction of sp³-hybridized carbons (Fsp3) is 0.333. The molecule has 0 saturated heterocycles. The maximum Gasteiger partial charge on any atom is 0.244 e. The normalized spacial score (nSPS) is 17.9. The van der Waals surface area contributed by atoms with Crippen LogP contribution in [0.2, 0.25) is 0 Å². The zero-order chi connectivity index (χ0) is 16.1. The summed E-state index contributed by atoms with van der Waals surface area (Å²) in [5.41, 5.74) is 8.06. The molecule has 0 aromatic carbocycles. The van der Waals surface area contributed by atoms with Gasteiger partial charge in [0.05, 0.1) is 15.3 Å². The highest BCUT2D eigenvalue weighted by atomic mass is 79.9. The van der Waals surface area contributed by atoms with Crippen molar-refractivity contribution in [2.75, 3.05) is 0 Å². The van der Waals surface area contributed by atoms with E-state index in [-0.39, 0.29) is 17.2 Å². The second kappa shape index (κ2) is 5.14. The summed E-state index contributed by atoms with van der Waals surface area (Å²) >= 11 is 5.06. The number of aromatic amines is 1. The van der Waals surface area contributed by atoms with E-state index in [1.54, 1.807) is 11.3 Å². The Hall–Kier alpha value is -1.78. The van der Waals surface area contributed by atoms with Gasteiger partial charge >= 0.3 is 0 Å². The largest absolute Gasteiger partial charge is 0.420 e. The number of halogens is 1. The van der Waals surface area contributed by atoms with Crippen molar-refractivity contribution in [2.45, 2.75) is 32.1 Å². The lowest BCUT2D eigenvalue weighted by Gasteiger charge is -2.26. The van der Waals surface area contributed by atoms with Gasteiger partial charge < -0.3 is 10.5 Å². The van der Waals surface area contributed by atoms with Gasteiger partial charge in [-0.2, -0.15) is 5.26 Å². The SMILES string of the molecule is CC(C)(C)c1[nH]nc2c1[C@@H](c1ccc(Br)s1)C(C#N)=C(N)O2. The molecule has 2 aromatic rings. The summed E-state index contributed by atoms with van der Waals surface area (Å²) in [7, 11) is 0. The fourth-order valence-electron chi connectivity index (χ4n) is 2.58. The molecule has 3 N–H and O–H groups in total. The van der Waals surface area contributed by atoms with Crippen LogP contribution >= 0.6 is 27.3 Å². The van der Waals surface area contributed by atoms with Crippen molar-refractivity contribution in [2.24, 2.45) is 5.73 Å². The summed E-state index contributed by atoms with van der Waals surface area (Å²) in [5, 5.41) is 16.9. The molecule has 0 unspecified atom stereocenters. The molecule has 1 aliphatic heterocycles. The maximum atomic E-state index is 9.55.